The van der Waals surface area contributed by atoms with E-state index in [-0.39, 0.29) is 40.1 Å². The molecule has 2 aliphatic heterocycles. The van der Waals surface area contributed by atoms with Crippen molar-refractivity contribution in [2.24, 2.45) is 0 Å². The van der Waals surface area contributed by atoms with Crippen molar-refractivity contribution in [3.8, 4) is 0 Å². The van der Waals surface area contributed by atoms with Gasteiger partial charge in [-0.25, -0.2) is 8.42 Å². The van der Waals surface area contributed by atoms with Crippen LogP contribution in [0.4, 0.5) is 0 Å². The molecule has 7 nitrogen and oxygen atoms in total. The predicted molar refractivity (Wildman–Crippen MR) is 91.2 cm³/mol. The van der Waals surface area contributed by atoms with E-state index >= 15 is 0 Å². The zero-order chi connectivity index (χ0) is 17.5. The molecule has 2 saturated heterocycles. The Bertz CT molecular complexity index is 807. The maximum absolute atomic E-state index is 12.8. The number of hydrogen-bond donors (Lipinski definition) is 1. The van der Waals surface area contributed by atoms with Crippen molar-refractivity contribution in [2.75, 3.05) is 31.1 Å². The summed E-state index contributed by atoms with van der Waals surface area (Å²) in [7, 11) is -3.16. The maximum Gasteiger partial charge on any atom is 0.266 e. The summed E-state index contributed by atoms with van der Waals surface area (Å²) in [6.45, 7) is 3.99. The molecule has 132 valence electrons. The number of aromatic nitrogens is 1. The molecule has 24 heavy (non-hydrogen) atoms. The van der Waals surface area contributed by atoms with E-state index < -0.39 is 15.4 Å². The Balaban J connectivity index is 1.89. The van der Waals surface area contributed by atoms with Gasteiger partial charge < -0.3 is 9.88 Å². The van der Waals surface area contributed by atoms with Gasteiger partial charge in [0.25, 0.3) is 11.5 Å². The number of amides is 1. The molecule has 2 atom stereocenters. The number of piperazine rings is 1. The van der Waals surface area contributed by atoms with Crippen LogP contribution in [0.25, 0.3) is 0 Å². The Morgan fingerprint density at radius 1 is 1.33 bits per heavy atom. The summed E-state index contributed by atoms with van der Waals surface area (Å²) in [5.41, 5.74) is -0.186. The highest BCUT2D eigenvalue weighted by Gasteiger charge is 2.47. The number of pyridine rings is 1. The fraction of sp³-hybridized carbons (Fsp3) is 0.600. The molecule has 0 spiro atoms. The van der Waals surface area contributed by atoms with Crippen LogP contribution in [0.3, 0.4) is 0 Å². The minimum Gasteiger partial charge on any atom is -0.332 e. The van der Waals surface area contributed by atoms with Gasteiger partial charge in [-0.3, -0.25) is 14.5 Å². The number of nitrogens with zero attached hydrogens (tertiary/aromatic N) is 2. The average Bonchev–Trinajstić information content (AvgIpc) is 2.85. The highest BCUT2D eigenvalue weighted by molar-refractivity contribution is 7.91. The van der Waals surface area contributed by atoms with E-state index in [0.29, 0.717) is 13.1 Å². The number of sulfone groups is 1. The highest BCUT2D eigenvalue weighted by atomic mass is 35.5. The predicted octanol–water partition coefficient (Wildman–Crippen LogP) is 0.362. The van der Waals surface area contributed by atoms with Crippen molar-refractivity contribution in [2.45, 2.75) is 25.4 Å². The number of carbonyl (C=O) groups is 1. The second kappa shape index (κ2) is 6.50. The van der Waals surface area contributed by atoms with Crippen LogP contribution in [-0.2, 0) is 9.84 Å². The van der Waals surface area contributed by atoms with Gasteiger partial charge in [0.05, 0.1) is 23.1 Å². The Morgan fingerprint density at radius 2 is 2.04 bits per heavy atom. The first-order chi connectivity index (χ1) is 11.3. The lowest BCUT2D eigenvalue weighted by molar-refractivity contribution is 0.0332. The van der Waals surface area contributed by atoms with E-state index in [4.69, 9.17) is 11.6 Å². The van der Waals surface area contributed by atoms with Crippen molar-refractivity contribution in [1.29, 1.82) is 0 Å². The largest absolute Gasteiger partial charge is 0.332 e. The number of nitrogens with one attached hydrogen (secondary N) is 1. The maximum atomic E-state index is 12.8. The zero-order valence-corrected chi connectivity index (χ0v) is 14.9. The molecule has 0 unspecified atom stereocenters. The molecule has 0 bridgehead atoms. The van der Waals surface area contributed by atoms with Crippen molar-refractivity contribution in [1.82, 2.24) is 14.8 Å². The summed E-state index contributed by atoms with van der Waals surface area (Å²) in [4.78, 5) is 30.4. The third kappa shape index (κ3) is 3.22. The molecule has 9 heteroatoms. The fourth-order valence-corrected chi connectivity index (χ4v) is 5.77. The van der Waals surface area contributed by atoms with Gasteiger partial charge in [0.15, 0.2) is 9.84 Å². The first-order valence-corrected chi connectivity index (χ1v) is 10.2. The number of aromatic amines is 1. The number of hydrogen-bond acceptors (Lipinski definition) is 5. The molecule has 1 amide bonds. The van der Waals surface area contributed by atoms with Crippen molar-refractivity contribution < 1.29 is 13.2 Å². The molecule has 0 aromatic carbocycles. The van der Waals surface area contributed by atoms with E-state index in [0.717, 1.165) is 13.0 Å². The van der Waals surface area contributed by atoms with Gasteiger partial charge in [-0.15, -0.1) is 0 Å². The summed E-state index contributed by atoms with van der Waals surface area (Å²) in [6, 6.07) is 0.818. The third-order valence-electron chi connectivity index (χ3n) is 4.67. The van der Waals surface area contributed by atoms with E-state index in [1.807, 2.05) is 0 Å². The van der Waals surface area contributed by atoms with Gasteiger partial charge in [-0.05, 0) is 19.0 Å². The number of H-pyrrole nitrogens is 1. The van der Waals surface area contributed by atoms with Gasteiger partial charge in [0, 0.05) is 25.3 Å². The highest BCUT2D eigenvalue weighted by Crippen LogP contribution is 2.28. The topological polar surface area (TPSA) is 90.6 Å². The van der Waals surface area contributed by atoms with Gasteiger partial charge in [0.2, 0.25) is 0 Å². The second-order valence-electron chi connectivity index (χ2n) is 6.31. The van der Waals surface area contributed by atoms with Crippen LogP contribution >= 0.6 is 11.6 Å². The van der Waals surface area contributed by atoms with Crippen LogP contribution in [0.15, 0.2) is 17.1 Å². The van der Waals surface area contributed by atoms with Crippen molar-refractivity contribution in [3.05, 3.63) is 33.2 Å². The average molecular weight is 374 g/mol. The quantitative estimate of drug-likeness (QED) is 0.826. The molecule has 1 aromatic heterocycles. The fourth-order valence-electron chi connectivity index (χ4n) is 3.59. The minimum absolute atomic E-state index is 0.0132. The lowest BCUT2D eigenvalue weighted by Gasteiger charge is -2.43. The van der Waals surface area contributed by atoms with Crippen LogP contribution in [0.2, 0.25) is 5.02 Å². The van der Waals surface area contributed by atoms with Gasteiger partial charge in [-0.2, -0.15) is 0 Å². The standard InChI is InChI=1S/C15H20ClN3O4S/c1-2-3-18-4-5-19(13-9-24(22,23)8-12(13)18)15(21)10-6-11(16)14(20)17-7-10/h6-7,12-13H,2-5,8-9H2,1H3,(H,17,20)/t12-,13+/m0/s1. The van der Waals surface area contributed by atoms with E-state index in [2.05, 4.69) is 16.8 Å². The lowest BCUT2D eigenvalue weighted by atomic mass is 10.0. The molecular weight excluding hydrogens is 354 g/mol. The van der Waals surface area contributed by atoms with Crippen LogP contribution in [-0.4, -0.2) is 72.3 Å². The summed E-state index contributed by atoms with van der Waals surface area (Å²) >= 11 is 5.80. The Labute approximate surface area is 145 Å². The first kappa shape index (κ1) is 17.4. The third-order valence-corrected chi connectivity index (χ3v) is 6.65. The lowest BCUT2D eigenvalue weighted by Crippen LogP contribution is -2.60. The SMILES string of the molecule is CCCN1CCN(C(=O)c2c[nH]c(=O)c(Cl)c2)[C@@H]2CS(=O)(=O)C[C@@H]21. The van der Waals surface area contributed by atoms with Gasteiger partial charge in [0.1, 0.15) is 5.02 Å². The number of halogens is 1. The van der Waals surface area contributed by atoms with Crippen molar-refractivity contribution in [3.63, 3.8) is 0 Å². The molecule has 3 heterocycles. The smallest absolute Gasteiger partial charge is 0.266 e. The van der Waals surface area contributed by atoms with Crippen LogP contribution in [0.5, 0.6) is 0 Å². The Morgan fingerprint density at radius 3 is 2.71 bits per heavy atom. The van der Waals surface area contributed by atoms with Gasteiger partial charge >= 0.3 is 0 Å². The molecule has 0 radical (unpaired) electrons. The van der Waals surface area contributed by atoms with E-state index in [1.165, 1.54) is 12.3 Å². The Kier molecular flexibility index (Phi) is 4.72. The molecule has 3 rings (SSSR count). The van der Waals surface area contributed by atoms with E-state index in [1.54, 1.807) is 4.90 Å². The number of rotatable bonds is 3. The molecule has 2 aliphatic rings. The van der Waals surface area contributed by atoms with Crippen LogP contribution < -0.4 is 5.56 Å². The molecular formula is C15H20ClN3O4S. The summed E-state index contributed by atoms with van der Waals surface area (Å²) in [5, 5.41) is -0.0546. The Hall–Kier alpha value is -1.38. The van der Waals surface area contributed by atoms with Gasteiger partial charge in [-0.1, -0.05) is 18.5 Å². The van der Waals surface area contributed by atoms with Crippen LogP contribution in [0, 0.1) is 0 Å². The van der Waals surface area contributed by atoms with Crippen LogP contribution in [0.1, 0.15) is 23.7 Å². The zero-order valence-electron chi connectivity index (χ0n) is 13.4. The number of fused-ring (bicyclic) bond motifs is 1. The minimum atomic E-state index is -3.16. The molecule has 1 aromatic rings. The second-order valence-corrected chi connectivity index (χ2v) is 8.87. The molecule has 0 saturated carbocycles. The monoisotopic (exact) mass is 373 g/mol. The number of carbonyl (C=O) groups excluding carboxylic acids is 1. The molecule has 2 fully saturated rings. The normalized spacial score (nSPS) is 26.3. The van der Waals surface area contributed by atoms with Crippen molar-refractivity contribution >= 4 is 27.3 Å². The molecule has 1 N–H and O–H groups in total. The summed E-state index contributed by atoms with van der Waals surface area (Å²) < 4.78 is 24.2. The molecule has 0 aliphatic carbocycles. The first-order valence-electron chi connectivity index (χ1n) is 7.96. The summed E-state index contributed by atoms with van der Waals surface area (Å²) in [5.74, 6) is -0.217. The summed E-state index contributed by atoms with van der Waals surface area (Å²) in [6.07, 6.45) is 2.26. The van der Waals surface area contributed by atoms with E-state index in [9.17, 15) is 18.0 Å².